The molecule has 2 aromatic carbocycles. The van der Waals surface area contributed by atoms with Crippen molar-refractivity contribution in [1.82, 2.24) is 0 Å². The van der Waals surface area contributed by atoms with Crippen LogP contribution in [0.15, 0.2) is 36.4 Å². The summed E-state index contributed by atoms with van der Waals surface area (Å²) in [5.74, 6) is 0.237. The van der Waals surface area contributed by atoms with Crippen molar-refractivity contribution < 1.29 is 14.1 Å². The molecule has 21 heavy (non-hydrogen) atoms. The Labute approximate surface area is 122 Å². The molecule has 2 aromatic rings. The van der Waals surface area contributed by atoms with E-state index in [0.29, 0.717) is 5.75 Å². The highest BCUT2D eigenvalue weighted by Gasteiger charge is 2.14. The second kappa shape index (κ2) is 5.91. The normalized spacial score (nSPS) is 10.7. The molecule has 0 saturated heterocycles. The Morgan fingerprint density at radius 2 is 1.90 bits per heavy atom. The third-order valence-electron chi connectivity index (χ3n) is 3.09. The molecule has 0 aromatic heterocycles. The van der Waals surface area contributed by atoms with E-state index >= 15 is 0 Å². The highest BCUT2D eigenvalue weighted by Crippen LogP contribution is 2.33. The van der Waals surface area contributed by atoms with Crippen LogP contribution in [0.3, 0.4) is 0 Å². The van der Waals surface area contributed by atoms with Gasteiger partial charge < -0.3 is 4.74 Å². The van der Waals surface area contributed by atoms with Crippen molar-refractivity contribution in [2.24, 2.45) is 0 Å². The zero-order chi connectivity index (χ0) is 15.6. The van der Waals surface area contributed by atoms with Crippen LogP contribution < -0.4 is 4.74 Å². The number of hydrogen-bond donors (Lipinski definition) is 0. The molecular formula is C16H16FNO3. The van der Waals surface area contributed by atoms with Crippen molar-refractivity contribution in [2.75, 3.05) is 0 Å². The second-order valence-corrected chi connectivity index (χ2v) is 5.20. The van der Waals surface area contributed by atoms with Crippen LogP contribution in [0.1, 0.15) is 30.9 Å². The number of nitro benzene ring substituents is 1. The minimum atomic E-state index is -0.696. The Hall–Kier alpha value is -2.43. The van der Waals surface area contributed by atoms with Gasteiger partial charge in [0, 0.05) is 6.07 Å². The number of ether oxygens (including phenoxy) is 1. The first-order valence-corrected chi connectivity index (χ1v) is 6.60. The largest absolute Gasteiger partial charge is 0.457 e. The number of benzene rings is 2. The van der Waals surface area contributed by atoms with Crippen LogP contribution in [-0.4, -0.2) is 4.92 Å². The van der Waals surface area contributed by atoms with Gasteiger partial charge in [0.05, 0.1) is 17.1 Å². The average molecular weight is 289 g/mol. The molecule has 0 aliphatic carbocycles. The summed E-state index contributed by atoms with van der Waals surface area (Å²) >= 11 is 0. The fraction of sp³-hybridized carbons (Fsp3) is 0.250. The molecular weight excluding hydrogens is 273 g/mol. The summed E-state index contributed by atoms with van der Waals surface area (Å²) in [6.45, 7) is 5.96. The summed E-state index contributed by atoms with van der Waals surface area (Å²) < 4.78 is 19.1. The maximum Gasteiger partial charge on any atom is 0.276 e. The molecule has 0 fully saturated rings. The van der Waals surface area contributed by atoms with Crippen molar-refractivity contribution >= 4 is 5.69 Å². The third-order valence-corrected chi connectivity index (χ3v) is 3.09. The lowest BCUT2D eigenvalue weighted by Crippen LogP contribution is -1.96. The molecule has 5 heteroatoms. The lowest BCUT2D eigenvalue weighted by molar-refractivity contribution is -0.385. The number of aryl methyl sites for hydroxylation is 1. The highest BCUT2D eigenvalue weighted by atomic mass is 19.1. The van der Waals surface area contributed by atoms with Crippen LogP contribution in [0.2, 0.25) is 0 Å². The highest BCUT2D eigenvalue weighted by molar-refractivity contribution is 5.45. The first-order chi connectivity index (χ1) is 9.86. The van der Waals surface area contributed by atoms with Gasteiger partial charge in [-0.25, -0.2) is 4.39 Å². The van der Waals surface area contributed by atoms with Gasteiger partial charge in [0.1, 0.15) is 17.3 Å². The molecule has 0 unspecified atom stereocenters. The molecule has 0 bridgehead atoms. The molecule has 4 nitrogen and oxygen atoms in total. The maximum absolute atomic E-state index is 13.4. The second-order valence-electron chi connectivity index (χ2n) is 5.20. The van der Waals surface area contributed by atoms with Gasteiger partial charge in [-0.3, -0.25) is 10.1 Å². The van der Waals surface area contributed by atoms with Crippen LogP contribution in [0.4, 0.5) is 10.1 Å². The minimum Gasteiger partial charge on any atom is -0.457 e. The lowest BCUT2D eigenvalue weighted by Gasteiger charge is -2.14. The summed E-state index contributed by atoms with van der Waals surface area (Å²) in [5.41, 5.74) is 1.64. The predicted octanol–water partition coefficient (Wildman–Crippen LogP) is 4.96. The minimum absolute atomic E-state index is 0.120. The molecule has 0 amide bonds. The van der Waals surface area contributed by atoms with Crippen LogP contribution in [0, 0.1) is 22.9 Å². The monoisotopic (exact) mass is 289 g/mol. The first kappa shape index (κ1) is 15.0. The van der Waals surface area contributed by atoms with Crippen molar-refractivity contribution in [3.63, 3.8) is 0 Å². The first-order valence-electron chi connectivity index (χ1n) is 6.60. The van der Waals surface area contributed by atoms with E-state index in [1.54, 1.807) is 0 Å². The molecule has 0 aliphatic heterocycles. The lowest BCUT2D eigenvalue weighted by atomic mass is 10.0. The summed E-state index contributed by atoms with van der Waals surface area (Å²) in [4.78, 5) is 10.1. The Morgan fingerprint density at radius 1 is 1.19 bits per heavy atom. The number of nitrogens with zero attached hydrogens (tertiary/aromatic N) is 1. The number of hydrogen-bond acceptors (Lipinski definition) is 3. The maximum atomic E-state index is 13.4. The van der Waals surface area contributed by atoms with E-state index in [2.05, 4.69) is 0 Å². The van der Waals surface area contributed by atoms with Crippen molar-refractivity contribution in [3.8, 4) is 11.5 Å². The molecule has 2 rings (SSSR count). The zero-order valence-corrected chi connectivity index (χ0v) is 12.1. The summed E-state index contributed by atoms with van der Waals surface area (Å²) in [6, 6.07) is 8.98. The summed E-state index contributed by atoms with van der Waals surface area (Å²) in [6.07, 6.45) is 0. The van der Waals surface area contributed by atoms with E-state index in [1.807, 2.05) is 39.0 Å². The number of non-ortho nitro benzene ring substituents is 1. The van der Waals surface area contributed by atoms with Gasteiger partial charge in [0.25, 0.3) is 5.69 Å². The molecule has 0 radical (unpaired) electrons. The molecule has 0 N–H and O–H groups in total. The molecule has 0 heterocycles. The van der Waals surface area contributed by atoms with E-state index in [9.17, 15) is 14.5 Å². The smallest absolute Gasteiger partial charge is 0.276 e. The average Bonchev–Trinajstić information content (AvgIpc) is 2.37. The van der Waals surface area contributed by atoms with Gasteiger partial charge in [0.15, 0.2) is 0 Å². The standard InChI is InChI=1S/C16H16FNO3/c1-10(2)15-5-4-11(3)6-16(15)21-14-8-12(17)7-13(9-14)18(19)20/h4-10H,1-3H3. The van der Waals surface area contributed by atoms with Gasteiger partial charge in [-0.1, -0.05) is 26.0 Å². The van der Waals surface area contributed by atoms with Crippen LogP contribution in [0.25, 0.3) is 0 Å². The van der Waals surface area contributed by atoms with E-state index < -0.39 is 10.7 Å². The van der Waals surface area contributed by atoms with Crippen molar-refractivity contribution in [2.45, 2.75) is 26.7 Å². The van der Waals surface area contributed by atoms with Crippen LogP contribution >= 0.6 is 0 Å². The molecule has 0 aliphatic rings. The number of halogens is 1. The van der Waals surface area contributed by atoms with Crippen molar-refractivity contribution in [1.29, 1.82) is 0 Å². The Kier molecular flexibility index (Phi) is 4.21. The van der Waals surface area contributed by atoms with Gasteiger partial charge in [-0.2, -0.15) is 0 Å². The van der Waals surface area contributed by atoms with Gasteiger partial charge in [0.2, 0.25) is 0 Å². The fourth-order valence-electron chi connectivity index (χ4n) is 2.05. The Morgan fingerprint density at radius 3 is 2.52 bits per heavy atom. The zero-order valence-electron chi connectivity index (χ0n) is 12.1. The molecule has 0 saturated carbocycles. The quantitative estimate of drug-likeness (QED) is 0.590. The van der Waals surface area contributed by atoms with E-state index in [0.717, 1.165) is 23.3 Å². The van der Waals surface area contributed by atoms with Gasteiger partial charge >= 0.3 is 0 Å². The SMILES string of the molecule is Cc1ccc(C(C)C)c(Oc2cc(F)cc([N+](=O)[O-])c2)c1. The Balaban J connectivity index is 2.42. The van der Waals surface area contributed by atoms with Gasteiger partial charge in [-0.15, -0.1) is 0 Å². The number of nitro groups is 1. The number of rotatable bonds is 4. The van der Waals surface area contributed by atoms with Gasteiger partial charge in [-0.05, 0) is 30.0 Å². The van der Waals surface area contributed by atoms with Crippen LogP contribution in [0.5, 0.6) is 11.5 Å². The van der Waals surface area contributed by atoms with E-state index in [1.165, 1.54) is 6.07 Å². The summed E-state index contributed by atoms with van der Waals surface area (Å²) in [5, 5.41) is 10.8. The fourth-order valence-corrected chi connectivity index (χ4v) is 2.05. The topological polar surface area (TPSA) is 52.4 Å². The molecule has 110 valence electrons. The van der Waals surface area contributed by atoms with Crippen LogP contribution in [-0.2, 0) is 0 Å². The van der Waals surface area contributed by atoms with Crippen molar-refractivity contribution in [3.05, 3.63) is 63.5 Å². The predicted molar refractivity (Wildman–Crippen MR) is 78.4 cm³/mol. The molecule has 0 atom stereocenters. The van der Waals surface area contributed by atoms with E-state index in [4.69, 9.17) is 4.74 Å². The molecule has 0 spiro atoms. The third kappa shape index (κ3) is 3.56. The Bertz CT molecular complexity index is 683. The summed E-state index contributed by atoms with van der Waals surface area (Å²) in [7, 11) is 0. The van der Waals surface area contributed by atoms with E-state index in [-0.39, 0.29) is 17.4 Å².